The molecule has 2 N–H and O–H groups in total. The first kappa shape index (κ1) is 24.1. The molecule has 11 heteroatoms. The quantitative estimate of drug-likeness (QED) is 0.502. The number of hydrogen-bond donors (Lipinski definition) is 2. The monoisotopic (exact) mass is 495 g/mol. The van der Waals surface area contributed by atoms with Crippen LogP contribution in [0.15, 0.2) is 35.4 Å². The minimum absolute atomic E-state index is 0.00295. The Morgan fingerprint density at radius 1 is 1.28 bits per heavy atom. The number of aromatic nitrogens is 4. The number of halogens is 1. The molecule has 5 heterocycles. The molecule has 0 radical (unpaired) electrons. The molecule has 3 aromatic rings. The second-order valence-electron chi connectivity index (χ2n) is 9.27. The third-order valence-electron chi connectivity index (χ3n) is 6.78. The van der Waals surface area contributed by atoms with Gasteiger partial charge in [0.1, 0.15) is 5.69 Å². The second kappa shape index (κ2) is 10.2. The first-order chi connectivity index (χ1) is 17.4. The summed E-state index contributed by atoms with van der Waals surface area (Å²) >= 11 is 0. The van der Waals surface area contributed by atoms with Crippen LogP contribution in [0.2, 0.25) is 0 Å². The third-order valence-corrected chi connectivity index (χ3v) is 6.78. The van der Waals surface area contributed by atoms with Crippen molar-refractivity contribution in [2.75, 3.05) is 42.9 Å². The molecule has 1 atom stereocenters. The number of amides is 1. The Labute approximate surface area is 208 Å². The Balaban J connectivity index is 1.15. The smallest absolute Gasteiger partial charge is 0.274 e. The number of ether oxygens (including phenoxy) is 1. The summed E-state index contributed by atoms with van der Waals surface area (Å²) in [5.41, 5.74) is 3.73. The van der Waals surface area contributed by atoms with E-state index in [2.05, 4.69) is 25.3 Å². The van der Waals surface area contributed by atoms with Crippen LogP contribution < -0.4 is 15.8 Å². The van der Waals surface area contributed by atoms with E-state index < -0.39 is 11.9 Å². The molecule has 1 saturated heterocycles. The number of pyridine rings is 2. The highest BCUT2D eigenvalue weighted by molar-refractivity contribution is 6.02. The SMILES string of the molecule is CCc1cc2c([nH]c1=O)CC(CN1CCN(c3ccc(C(=O)Nc4cnn(C)c4)nc3F)CC1)OC2. The number of aryl methyl sites for hydroxylation is 2. The highest BCUT2D eigenvalue weighted by Gasteiger charge is 2.26. The van der Waals surface area contributed by atoms with Gasteiger partial charge < -0.3 is 19.9 Å². The van der Waals surface area contributed by atoms with Crippen molar-refractivity contribution in [2.24, 2.45) is 7.05 Å². The molecule has 2 aliphatic rings. The molecule has 1 unspecified atom stereocenters. The summed E-state index contributed by atoms with van der Waals surface area (Å²) in [5, 5.41) is 6.66. The number of fused-ring (bicyclic) bond motifs is 1. The maximum Gasteiger partial charge on any atom is 0.274 e. The van der Waals surface area contributed by atoms with Crippen LogP contribution >= 0.6 is 0 Å². The molecule has 5 rings (SSSR count). The molecule has 10 nitrogen and oxygen atoms in total. The summed E-state index contributed by atoms with van der Waals surface area (Å²) in [6.07, 6.45) is 4.55. The zero-order chi connectivity index (χ0) is 25.2. The van der Waals surface area contributed by atoms with Crippen molar-refractivity contribution in [2.45, 2.75) is 32.5 Å². The van der Waals surface area contributed by atoms with Gasteiger partial charge in [-0.2, -0.15) is 9.49 Å². The molecule has 0 aliphatic carbocycles. The topological polar surface area (TPSA) is 108 Å². The van der Waals surface area contributed by atoms with Crippen LogP contribution in [0.1, 0.15) is 34.2 Å². The van der Waals surface area contributed by atoms with Gasteiger partial charge in [0.05, 0.1) is 30.3 Å². The zero-order valence-electron chi connectivity index (χ0n) is 20.5. The van der Waals surface area contributed by atoms with Gasteiger partial charge in [-0.3, -0.25) is 19.2 Å². The molecule has 0 spiro atoms. The van der Waals surface area contributed by atoms with Crippen LogP contribution in [0.5, 0.6) is 0 Å². The van der Waals surface area contributed by atoms with Crippen LogP contribution in [-0.2, 0) is 31.2 Å². The Kier molecular flexibility index (Phi) is 6.84. The van der Waals surface area contributed by atoms with E-state index in [4.69, 9.17) is 4.74 Å². The molecule has 0 bridgehead atoms. The van der Waals surface area contributed by atoms with Crippen LogP contribution in [0.3, 0.4) is 0 Å². The van der Waals surface area contributed by atoms with Gasteiger partial charge in [0.2, 0.25) is 5.95 Å². The fourth-order valence-electron chi connectivity index (χ4n) is 4.78. The minimum Gasteiger partial charge on any atom is -0.372 e. The van der Waals surface area contributed by atoms with Gasteiger partial charge in [-0.25, -0.2) is 4.98 Å². The number of hydrogen-bond acceptors (Lipinski definition) is 7. The van der Waals surface area contributed by atoms with Gasteiger partial charge in [0, 0.05) is 63.6 Å². The van der Waals surface area contributed by atoms with E-state index in [0.29, 0.717) is 43.9 Å². The third kappa shape index (κ3) is 5.17. The summed E-state index contributed by atoms with van der Waals surface area (Å²) < 4.78 is 22.5. The molecule has 36 heavy (non-hydrogen) atoms. The molecule has 1 amide bonds. The van der Waals surface area contributed by atoms with E-state index in [1.54, 1.807) is 24.0 Å². The van der Waals surface area contributed by atoms with E-state index in [0.717, 1.165) is 36.5 Å². The predicted molar refractivity (Wildman–Crippen MR) is 133 cm³/mol. The summed E-state index contributed by atoms with van der Waals surface area (Å²) in [6, 6.07) is 5.10. The fourth-order valence-corrected chi connectivity index (χ4v) is 4.78. The van der Waals surface area contributed by atoms with E-state index in [9.17, 15) is 14.0 Å². The number of nitrogens with one attached hydrogen (secondary N) is 2. The number of aromatic amines is 1. The van der Waals surface area contributed by atoms with Crippen molar-refractivity contribution in [1.82, 2.24) is 24.6 Å². The molecule has 0 saturated carbocycles. The van der Waals surface area contributed by atoms with Crippen molar-refractivity contribution in [3.05, 3.63) is 69.4 Å². The van der Waals surface area contributed by atoms with Crippen molar-refractivity contribution in [3.63, 3.8) is 0 Å². The minimum atomic E-state index is -0.662. The van der Waals surface area contributed by atoms with Crippen molar-refractivity contribution in [3.8, 4) is 0 Å². The fraction of sp³-hybridized carbons (Fsp3) is 0.440. The van der Waals surface area contributed by atoms with Crippen LogP contribution in [-0.4, -0.2) is 69.4 Å². The van der Waals surface area contributed by atoms with Gasteiger partial charge in [-0.15, -0.1) is 0 Å². The molecular formula is C25H30FN7O3. The van der Waals surface area contributed by atoms with Crippen LogP contribution in [0, 0.1) is 5.95 Å². The zero-order valence-corrected chi connectivity index (χ0v) is 20.5. The van der Waals surface area contributed by atoms with Crippen molar-refractivity contribution < 1.29 is 13.9 Å². The number of nitrogens with zero attached hydrogens (tertiary/aromatic N) is 5. The summed E-state index contributed by atoms with van der Waals surface area (Å²) in [4.78, 5) is 35.8. The summed E-state index contributed by atoms with van der Waals surface area (Å²) in [5.74, 6) is -1.15. The summed E-state index contributed by atoms with van der Waals surface area (Å²) in [7, 11) is 1.74. The Morgan fingerprint density at radius 2 is 2.08 bits per heavy atom. The second-order valence-corrected chi connectivity index (χ2v) is 9.27. The normalized spacial score (nSPS) is 18.2. The number of H-pyrrole nitrogens is 1. The molecule has 1 fully saturated rings. The number of rotatable bonds is 6. The van der Waals surface area contributed by atoms with Crippen molar-refractivity contribution in [1.29, 1.82) is 0 Å². The van der Waals surface area contributed by atoms with E-state index in [1.807, 2.05) is 17.9 Å². The maximum atomic E-state index is 14.8. The number of carbonyl (C=O) groups excluding carboxylic acids is 1. The molecule has 3 aromatic heterocycles. The van der Waals surface area contributed by atoms with E-state index in [1.165, 1.54) is 12.3 Å². The Morgan fingerprint density at radius 3 is 2.78 bits per heavy atom. The molecular weight excluding hydrogens is 465 g/mol. The molecule has 0 aromatic carbocycles. The highest BCUT2D eigenvalue weighted by atomic mass is 19.1. The Hall–Kier alpha value is -3.57. The van der Waals surface area contributed by atoms with Crippen LogP contribution in [0.25, 0.3) is 0 Å². The average Bonchev–Trinajstić information content (AvgIpc) is 3.28. The lowest BCUT2D eigenvalue weighted by Gasteiger charge is -2.38. The molecule has 190 valence electrons. The molecule has 2 aliphatic heterocycles. The van der Waals surface area contributed by atoms with E-state index >= 15 is 0 Å². The summed E-state index contributed by atoms with van der Waals surface area (Å²) in [6.45, 7) is 6.00. The predicted octanol–water partition coefficient (Wildman–Crippen LogP) is 1.72. The van der Waals surface area contributed by atoms with E-state index in [-0.39, 0.29) is 17.4 Å². The lowest BCUT2D eigenvalue weighted by Crippen LogP contribution is -2.50. The lowest BCUT2D eigenvalue weighted by molar-refractivity contribution is 0.00271. The number of carbonyl (C=O) groups is 1. The van der Waals surface area contributed by atoms with Gasteiger partial charge in [-0.05, 0) is 30.2 Å². The average molecular weight is 496 g/mol. The largest absolute Gasteiger partial charge is 0.372 e. The standard InChI is InChI=1S/C25H30FN7O3/c1-3-16-10-17-15-36-19(11-21(17)30-24(16)34)14-32-6-8-33(9-7-32)22-5-4-20(29-23(22)26)25(35)28-18-12-27-31(2)13-18/h4-5,10,12-13,19H,3,6-9,11,14-15H2,1-2H3,(H,28,35)(H,30,34). The van der Waals surface area contributed by atoms with Gasteiger partial charge in [0.15, 0.2) is 0 Å². The highest BCUT2D eigenvalue weighted by Crippen LogP contribution is 2.23. The van der Waals surface area contributed by atoms with Gasteiger partial charge >= 0.3 is 0 Å². The Bertz CT molecular complexity index is 1310. The van der Waals surface area contributed by atoms with Crippen molar-refractivity contribution >= 4 is 17.3 Å². The van der Waals surface area contributed by atoms with Gasteiger partial charge in [-0.1, -0.05) is 6.92 Å². The maximum absolute atomic E-state index is 14.8. The number of anilines is 2. The van der Waals surface area contributed by atoms with Crippen LogP contribution in [0.4, 0.5) is 15.8 Å². The first-order valence-electron chi connectivity index (χ1n) is 12.2. The number of piperazine rings is 1. The lowest BCUT2D eigenvalue weighted by atomic mass is 10.0. The van der Waals surface area contributed by atoms with Gasteiger partial charge in [0.25, 0.3) is 11.5 Å². The first-order valence-corrected chi connectivity index (χ1v) is 12.2.